The van der Waals surface area contributed by atoms with Gasteiger partial charge >= 0.3 is 0 Å². The van der Waals surface area contributed by atoms with Gasteiger partial charge in [0.2, 0.25) is 0 Å². The summed E-state index contributed by atoms with van der Waals surface area (Å²) in [6.45, 7) is 0.393. The standard InChI is InChI=1S/C19H17N3O/c20-22-21-12-17-15-9-5-4-8-14(15)10-19-16(17)11-18(23-19)13-6-2-1-3-7-13/h1-9,18-19H,10-12H2/t18-,19-/m0/s1. The van der Waals surface area contributed by atoms with Crippen molar-refractivity contribution in [3.63, 3.8) is 0 Å². The molecule has 114 valence electrons. The van der Waals surface area contributed by atoms with Crippen molar-refractivity contribution in [2.75, 3.05) is 6.54 Å². The van der Waals surface area contributed by atoms with Gasteiger partial charge in [0.15, 0.2) is 0 Å². The summed E-state index contributed by atoms with van der Waals surface area (Å²) in [4.78, 5) is 2.94. The molecule has 0 saturated carbocycles. The zero-order valence-electron chi connectivity index (χ0n) is 12.7. The Balaban J connectivity index is 1.75. The molecule has 0 bridgehead atoms. The normalized spacial score (nSPS) is 22.3. The predicted molar refractivity (Wildman–Crippen MR) is 89.8 cm³/mol. The van der Waals surface area contributed by atoms with Crippen LogP contribution in [0, 0.1) is 0 Å². The molecule has 0 amide bonds. The number of benzene rings is 2. The van der Waals surface area contributed by atoms with E-state index >= 15 is 0 Å². The summed E-state index contributed by atoms with van der Waals surface area (Å²) >= 11 is 0. The third kappa shape index (κ3) is 2.52. The van der Waals surface area contributed by atoms with E-state index in [9.17, 15) is 0 Å². The van der Waals surface area contributed by atoms with E-state index in [1.54, 1.807) is 0 Å². The largest absolute Gasteiger partial charge is 0.365 e. The molecule has 1 aliphatic carbocycles. The highest BCUT2D eigenvalue weighted by Crippen LogP contribution is 2.45. The minimum absolute atomic E-state index is 0.0894. The fourth-order valence-corrected chi connectivity index (χ4v) is 3.67. The van der Waals surface area contributed by atoms with E-state index in [1.807, 2.05) is 24.3 Å². The lowest BCUT2D eigenvalue weighted by atomic mass is 9.83. The van der Waals surface area contributed by atoms with Crippen LogP contribution in [0.25, 0.3) is 16.0 Å². The number of hydrogen-bond acceptors (Lipinski definition) is 2. The second-order valence-electron chi connectivity index (χ2n) is 5.98. The summed E-state index contributed by atoms with van der Waals surface area (Å²) in [5, 5.41) is 3.82. The van der Waals surface area contributed by atoms with Crippen LogP contribution < -0.4 is 0 Å². The van der Waals surface area contributed by atoms with E-state index in [2.05, 4.69) is 40.4 Å². The Labute approximate surface area is 135 Å². The van der Waals surface area contributed by atoms with E-state index in [1.165, 1.54) is 22.3 Å². The predicted octanol–water partition coefficient (Wildman–Crippen LogP) is 4.84. The first-order valence-electron chi connectivity index (χ1n) is 7.88. The Morgan fingerprint density at radius 2 is 1.78 bits per heavy atom. The van der Waals surface area contributed by atoms with Crippen molar-refractivity contribution in [1.29, 1.82) is 0 Å². The molecular weight excluding hydrogens is 286 g/mol. The van der Waals surface area contributed by atoms with Crippen molar-refractivity contribution in [2.45, 2.75) is 25.0 Å². The number of nitrogens with zero attached hydrogens (tertiary/aromatic N) is 3. The fourth-order valence-electron chi connectivity index (χ4n) is 3.67. The first-order valence-corrected chi connectivity index (χ1v) is 7.88. The quantitative estimate of drug-likeness (QED) is 0.455. The molecule has 1 heterocycles. The molecule has 2 aliphatic rings. The summed E-state index contributed by atoms with van der Waals surface area (Å²) in [6, 6.07) is 18.7. The van der Waals surface area contributed by atoms with Crippen LogP contribution in [-0.4, -0.2) is 12.6 Å². The van der Waals surface area contributed by atoms with E-state index in [-0.39, 0.29) is 12.2 Å². The maximum Gasteiger partial charge on any atom is 0.0871 e. The monoisotopic (exact) mass is 303 g/mol. The number of azide groups is 1. The van der Waals surface area contributed by atoms with Crippen LogP contribution in [0.5, 0.6) is 0 Å². The van der Waals surface area contributed by atoms with Crippen molar-refractivity contribution >= 4 is 5.57 Å². The molecule has 0 unspecified atom stereocenters. The van der Waals surface area contributed by atoms with Crippen molar-refractivity contribution < 1.29 is 4.74 Å². The SMILES string of the molecule is [N-]=[N+]=NCC1=C2C[C@@H](c3ccccc3)O[C@H]2Cc2ccccc21. The smallest absolute Gasteiger partial charge is 0.0871 e. The van der Waals surface area contributed by atoms with Crippen molar-refractivity contribution in [2.24, 2.45) is 5.11 Å². The first kappa shape index (κ1) is 14.1. The minimum atomic E-state index is 0.0894. The molecular formula is C19H17N3O. The van der Waals surface area contributed by atoms with E-state index in [0.717, 1.165) is 18.4 Å². The molecule has 4 rings (SSSR count). The van der Waals surface area contributed by atoms with E-state index < -0.39 is 0 Å². The summed E-state index contributed by atoms with van der Waals surface area (Å²) in [7, 11) is 0. The first-order chi connectivity index (χ1) is 11.4. The van der Waals surface area contributed by atoms with E-state index in [0.29, 0.717) is 6.54 Å². The summed E-state index contributed by atoms with van der Waals surface area (Å²) in [5.41, 5.74) is 14.9. The lowest BCUT2D eigenvalue weighted by Crippen LogP contribution is -2.19. The Morgan fingerprint density at radius 1 is 1.00 bits per heavy atom. The Kier molecular flexibility index (Phi) is 3.62. The number of hydrogen-bond donors (Lipinski definition) is 0. The van der Waals surface area contributed by atoms with Gasteiger partial charge in [-0.3, -0.25) is 0 Å². The molecule has 4 heteroatoms. The van der Waals surface area contributed by atoms with Gasteiger partial charge in [-0.05, 0) is 33.4 Å². The number of rotatable bonds is 3. The van der Waals surface area contributed by atoms with Crippen molar-refractivity contribution in [3.05, 3.63) is 87.3 Å². The molecule has 0 spiro atoms. The molecule has 2 aromatic carbocycles. The fraction of sp³-hybridized carbons (Fsp3) is 0.263. The van der Waals surface area contributed by atoms with Crippen LogP contribution in [0.15, 0.2) is 65.3 Å². The van der Waals surface area contributed by atoms with Crippen LogP contribution >= 0.6 is 0 Å². The van der Waals surface area contributed by atoms with Gasteiger partial charge in [0.05, 0.1) is 18.8 Å². The molecule has 23 heavy (non-hydrogen) atoms. The van der Waals surface area contributed by atoms with Gasteiger partial charge in [-0.25, -0.2) is 0 Å². The molecule has 2 atom stereocenters. The zero-order chi connectivity index (χ0) is 15.6. The van der Waals surface area contributed by atoms with Gasteiger partial charge in [0.1, 0.15) is 0 Å². The topological polar surface area (TPSA) is 58.0 Å². The second kappa shape index (κ2) is 5.92. The highest BCUT2D eigenvalue weighted by Gasteiger charge is 2.36. The van der Waals surface area contributed by atoms with E-state index in [4.69, 9.17) is 10.3 Å². The molecule has 4 nitrogen and oxygen atoms in total. The summed E-state index contributed by atoms with van der Waals surface area (Å²) < 4.78 is 6.33. The van der Waals surface area contributed by atoms with Crippen LogP contribution in [0.4, 0.5) is 0 Å². The molecule has 0 aromatic heterocycles. The summed E-state index contributed by atoms with van der Waals surface area (Å²) in [6.07, 6.45) is 1.96. The third-order valence-corrected chi connectivity index (χ3v) is 4.72. The second-order valence-corrected chi connectivity index (χ2v) is 5.98. The lowest BCUT2D eigenvalue weighted by molar-refractivity contribution is 0.0520. The Bertz CT molecular complexity index is 806. The molecule has 2 aromatic rings. The molecule has 1 fully saturated rings. The number of fused-ring (bicyclic) bond motifs is 2. The number of ether oxygens (including phenoxy) is 1. The van der Waals surface area contributed by atoms with Gasteiger partial charge in [0.25, 0.3) is 0 Å². The van der Waals surface area contributed by atoms with Gasteiger partial charge in [0, 0.05) is 17.8 Å². The van der Waals surface area contributed by atoms with Crippen LogP contribution in [-0.2, 0) is 11.2 Å². The third-order valence-electron chi connectivity index (χ3n) is 4.72. The van der Waals surface area contributed by atoms with Crippen molar-refractivity contribution in [1.82, 2.24) is 0 Å². The zero-order valence-corrected chi connectivity index (χ0v) is 12.7. The van der Waals surface area contributed by atoms with Gasteiger partial charge in [-0.2, -0.15) is 0 Å². The molecule has 1 aliphatic heterocycles. The van der Waals surface area contributed by atoms with Gasteiger partial charge in [-0.1, -0.05) is 59.7 Å². The Morgan fingerprint density at radius 3 is 2.61 bits per heavy atom. The lowest BCUT2D eigenvalue weighted by Gasteiger charge is -2.24. The van der Waals surface area contributed by atoms with Crippen molar-refractivity contribution in [3.8, 4) is 0 Å². The molecule has 0 radical (unpaired) electrons. The average molecular weight is 303 g/mol. The van der Waals surface area contributed by atoms with Crippen LogP contribution in [0.1, 0.15) is 29.2 Å². The van der Waals surface area contributed by atoms with Gasteiger partial charge < -0.3 is 4.74 Å². The average Bonchev–Trinajstić information content (AvgIpc) is 3.03. The van der Waals surface area contributed by atoms with Gasteiger partial charge in [-0.15, -0.1) is 0 Å². The maximum atomic E-state index is 8.72. The highest BCUT2D eigenvalue weighted by atomic mass is 16.5. The molecule has 1 saturated heterocycles. The molecule has 0 N–H and O–H groups in total. The van der Waals surface area contributed by atoms with Crippen LogP contribution in [0.2, 0.25) is 0 Å². The minimum Gasteiger partial charge on any atom is -0.365 e. The maximum absolute atomic E-state index is 8.72. The highest BCUT2D eigenvalue weighted by molar-refractivity contribution is 5.76. The summed E-state index contributed by atoms with van der Waals surface area (Å²) in [5.74, 6) is 0. The van der Waals surface area contributed by atoms with Crippen LogP contribution in [0.3, 0.4) is 0 Å². The Hall–Kier alpha value is -2.55.